The van der Waals surface area contributed by atoms with Gasteiger partial charge in [0.25, 0.3) is 0 Å². The number of nitrogens with two attached hydrogens (primary N) is 1. The number of methoxy groups -OCH3 is 1. The normalized spacial score (nSPS) is 36.8. The highest BCUT2D eigenvalue weighted by Crippen LogP contribution is 2.31. The Labute approximate surface area is 75.5 Å². The highest BCUT2D eigenvalue weighted by molar-refractivity contribution is 4.80. The van der Waals surface area contributed by atoms with E-state index < -0.39 is 0 Å². The molecular formula is C10H21NO. The van der Waals surface area contributed by atoms with Gasteiger partial charge in [-0.05, 0) is 37.6 Å². The Kier molecular flexibility index (Phi) is 4.02. The Hall–Kier alpha value is -0.0800. The fraction of sp³-hybridized carbons (Fsp3) is 1.00. The van der Waals surface area contributed by atoms with Gasteiger partial charge in [-0.3, -0.25) is 0 Å². The molecule has 1 rings (SSSR count). The van der Waals surface area contributed by atoms with E-state index in [2.05, 4.69) is 6.92 Å². The van der Waals surface area contributed by atoms with E-state index in [-0.39, 0.29) is 0 Å². The van der Waals surface area contributed by atoms with E-state index in [1.165, 1.54) is 25.7 Å². The Bertz CT molecular complexity index is 127. The Morgan fingerprint density at radius 1 is 1.42 bits per heavy atom. The summed E-state index contributed by atoms with van der Waals surface area (Å²) in [6, 6.07) is 0. The zero-order chi connectivity index (χ0) is 8.97. The molecule has 12 heavy (non-hydrogen) atoms. The van der Waals surface area contributed by atoms with Crippen LogP contribution < -0.4 is 5.73 Å². The van der Waals surface area contributed by atoms with Crippen molar-refractivity contribution >= 4 is 0 Å². The van der Waals surface area contributed by atoms with Crippen LogP contribution in [0.2, 0.25) is 0 Å². The van der Waals surface area contributed by atoms with Crippen LogP contribution in [0.15, 0.2) is 0 Å². The number of hydrogen-bond acceptors (Lipinski definition) is 2. The van der Waals surface area contributed by atoms with E-state index in [1.54, 1.807) is 0 Å². The molecule has 2 heteroatoms. The first kappa shape index (κ1) is 10.0. The van der Waals surface area contributed by atoms with Crippen molar-refractivity contribution in [3.05, 3.63) is 0 Å². The average molecular weight is 171 g/mol. The summed E-state index contributed by atoms with van der Waals surface area (Å²) in [6.07, 6.45) is 5.53. The molecule has 0 aromatic heterocycles. The zero-order valence-corrected chi connectivity index (χ0v) is 8.25. The first-order valence-electron chi connectivity index (χ1n) is 5.04. The standard InChI is InChI=1S/C10H21NO/c1-3-8-4-5-9(7-11)10(6-8)12-2/h8-10H,3-7,11H2,1-2H3. The maximum atomic E-state index is 5.68. The van der Waals surface area contributed by atoms with E-state index in [0.29, 0.717) is 12.0 Å². The predicted octanol–water partition coefficient (Wildman–Crippen LogP) is 1.79. The minimum absolute atomic E-state index is 0.425. The molecule has 72 valence electrons. The van der Waals surface area contributed by atoms with Crippen LogP contribution in [0.5, 0.6) is 0 Å². The van der Waals surface area contributed by atoms with Crippen LogP contribution in [0, 0.1) is 11.8 Å². The smallest absolute Gasteiger partial charge is 0.0614 e. The fourth-order valence-corrected chi connectivity index (χ4v) is 2.20. The third-order valence-electron chi connectivity index (χ3n) is 3.22. The topological polar surface area (TPSA) is 35.2 Å². The first-order valence-corrected chi connectivity index (χ1v) is 5.04. The molecule has 0 saturated heterocycles. The van der Waals surface area contributed by atoms with Crippen molar-refractivity contribution in [2.45, 2.75) is 38.7 Å². The van der Waals surface area contributed by atoms with Crippen molar-refractivity contribution in [2.24, 2.45) is 17.6 Å². The molecule has 1 fully saturated rings. The van der Waals surface area contributed by atoms with Crippen LogP contribution >= 0.6 is 0 Å². The van der Waals surface area contributed by atoms with Crippen LogP contribution in [-0.4, -0.2) is 19.8 Å². The van der Waals surface area contributed by atoms with Gasteiger partial charge >= 0.3 is 0 Å². The molecule has 1 aliphatic carbocycles. The Morgan fingerprint density at radius 2 is 2.17 bits per heavy atom. The lowest BCUT2D eigenvalue weighted by Gasteiger charge is -2.34. The van der Waals surface area contributed by atoms with E-state index in [9.17, 15) is 0 Å². The lowest BCUT2D eigenvalue weighted by atomic mass is 9.79. The molecule has 0 amide bonds. The molecule has 0 aromatic carbocycles. The molecule has 0 aliphatic heterocycles. The zero-order valence-electron chi connectivity index (χ0n) is 8.25. The van der Waals surface area contributed by atoms with Crippen molar-refractivity contribution in [3.8, 4) is 0 Å². The average Bonchev–Trinajstić information content (AvgIpc) is 2.16. The van der Waals surface area contributed by atoms with Gasteiger partial charge in [0.15, 0.2) is 0 Å². The first-order chi connectivity index (χ1) is 5.81. The second kappa shape index (κ2) is 4.83. The van der Waals surface area contributed by atoms with Crippen LogP contribution in [0.25, 0.3) is 0 Å². The molecule has 2 N–H and O–H groups in total. The molecule has 0 heterocycles. The lowest BCUT2D eigenvalue weighted by molar-refractivity contribution is 0.00743. The van der Waals surface area contributed by atoms with E-state index in [0.717, 1.165) is 12.5 Å². The molecule has 1 aliphatic rings. The van der Waals surface area contributed by atoms with E-state index in [4.69, 9.17) is 10.5 Å². The van der Waals surface area contributed by atoms with E-state index >= 15 is 0 Å². The molecule has 1 saturated carbocycles. The second-order valence-electron chi connectivity index (χ2n) is 3.86. The van der Waals surface area contributed by atoms with Gasteiger partial charge in [-0.2, -0.15) is 0 Å². The second-order valence-corrected chi connectivity index (χ2v) is 3.86. The minimum atomic E-state index is 0.425. The van der Waals surface area contributed by atoms with Crippen LogP contribution in [-0.2, 0) is 4.74 Å². The Morgan fingerprint density at radius 3 is 2.67 bits per heavy atom. The van der Waals surface area contributed by atoms with Gasteiger partial charge in [-0.15, -0.1) is 0 Å². The van der Waals surface area contributed by atoms with Crippen molar-refractivity contribution < 1.29 is 4.74 Å². The van der Waals surface area contributed by atoms with Gasteiger partial charge in [-0.1, -0.05) is 13.3 Å². The third kappa shape index (κ3) is 2.20. The highest BCUT2D eigenvalue weighted by atomic mass is 16.5. The summed E-state index contributed by atoms with van der Waals surface area (Å²) in [5, 5.41) is 0. The molecule has 0 radical (unpaired) electrons. The Balaban J connectivity index is 2.41. The molecule has 2 nitrogen and oxygen atoms in total. The summed E-state index contributed by atoms with van der Waals surface area (Å²) in [5.41, 5.74) is 5.68. The fourth-order valence-electron chi connectivity index (χ4n) is 2.20. The minimum Gasteiger partial charge on any atom is -0.381 e. The summed E-state index contributed by atoms with van der Waals surface area (Å²) < 4.78 is 5.45. The van der Waals surface area contributed by atoms with Gasteiger partial charge in [0.2, 0.25) is 0 Å². The number of rotatable bonds is 3. The monoisotopic (exact) mass is 171 g/mol. The molecule has 0 aromatic rings. The van der Waals surface area contributed by atoms with Crippen molar-refractivity contribution in [3.63, 3.8) is 0 Å². The van der Waals surface area contributed by atoms with Crippen LogP contribution in [0.4, 0.5) is 0 Å². The predicted molar refractivity (Wildman–Crippen MR) is 51.0 cm³/mol. The van der Waals surface area contributed by atoms with E-state index in [1.807, 2.05) is 7.11 Å². The van der Waals surface area contributed by atoms with Gasteiger partial charge in [-0.25, -0.2) is 0 Å². The highest BCUT2D eigenvalue weighted by Gasteiger charge is 2.28. The quantitative estimate of drug-likeness (QED) is 0.702. The third-order valence-corrected chi connectivity index (χ3v) is 3.22. The summed E-state index contributed by atoms with van der Waals surface area (Å²) in [4.78, 5) is 0. The van der Waals surface area contributed by atoms with Crippen molar-refractivity contribution in [2.75, 3.05) is 13.7 Å². The van der Waals surface area contributed by atoms with Crippen LogP contribution in [0.3, 0.4) is 0 Å². The van der Waals surface area contributed by atoms with Gasteiger partial charge in [0, 0.05) is 7.11 Å². The van der Waals surface area contributed by atoms with Crippen molar-refractivity contribution in [1.29, 1.82) is 0 Å². The largest absolute Gasteiger partial charge is 0.381 e. The van der Waals surface area contributed by atoms with Gasteiger partial charge < -0.3 is 10.5 Å². The maximum Gasteiger partial charge on any atom is 0.0614 e. The number of ether oxygens (including phenoxy) is 1. The molecule has 3 unspecified atom stereocenters. The molecular weight excluding hydrogens is 150 g/mol. The SMILES string of the molecule is CCC1CCC(CN)C(OC)C1. The molecule has 3 atom stereocenters. The lowest BCUT2D eigenvalue weighted by Crippen LogP contribution is -2.35. The van der Waals surface area contributed by atoms with Gasteiger partial charge in [0.05, 0.1) is 6.10 Å². The summed E-state index contributed by atoms with van der Waals surface area (Å²) in [6.45, 7) is 3.05. The van der Waals surface area contributed by atoms with Crippen molar-refractivity contribution in [1.82, 2.24) is 0 Å². The summed E-state index contributed by atoms with van der Waals surface area (Å²) in [7, 11) is 1.81. The molecule has 0 bridgehead atoms. The van der Waals surface area contributed by atoms with Gasteiger partial charge in [0.1, 0.15) is 0 Å². The number of hydrogen-bond donors (Lipinski definition) is 1. The summed E-state index contributed by atoms with van der Waals surface area (Å²) >= 11 is 0. The van der Waals surface area contributed by atoms with Crippen LogP contribution in [0.1, 0.15) is 32.6 Å². The molecule has 0 spiro atoms. The maximum absolute atomic E-state index is 5.68. The summed E-state index contributed by atoms with van der Waals surface area (Å²) in [5.74, 6) is 1.48.